The fourth-order valence-electron chi connectivity index (χ4n) is 1.21. The zero-order chi connectivity index (χ0) is 10.2. The molecule has 4 nitrogen and oxygen atoms in total. The molecule has 0 bridgehead atoms. The van der Waals surface area contributed by atoms with E-state index in [0.717, 1.165) is 12.8 Å². The number of aromatic nitrogens is 1. The maximum Gasteiger partial charge on any atom is 0.239 e. The minimum Gasteiger partial charge on any atom is -0.392 e. The predicted molar refractivity (Wildman–Crippen MR) is 59.2 cm³/mol. The maximum atomic E-state index is 11.7. The summed E-state index contributed by atoms with van der Waals surface area (Å²) in [5, 5.41) is 5.10. The summed E-state index contributed by atoms with van der Waals surface area (Å²) in [6.45, 7) is 0. The van der Waals surface area contributed by atoms with Gasteiger partial charge in [0.25, 0.3) is 0 Å². The maximum absolute atomic E-state index is 11.7. The van der Waals surface area contributed by atoms with Gasteiger partial charge < -0.3 is 11.1 Å². The van der Waals surface area contributed by atoms with E-state index < -0.39 is 5.41 Å². The van der Waals surface area contributed by atoms with E-state index in [9.17, 15) is 4.79 Å². The number of nitrogens with one attached hydrogen (secondary N) is 1. The van der Waals surface area contributed by atoms with Crippen LogP contribution >= 0.6 is 23.6 Å². The van der Waals surface area contributed by atoms with Crippen LogP contribution in [0.1, 0.15) is 12.8 Å². The topological polar surface area (TPSA) is 68.0 Å². The van der Waals surface area contributed by atoms with Crippen LogP contribution in [0.15, 0.2) is 11.6 Å². The Labute approximate surface area is 90.5 Å². The van der Waals surface area contributed by atoms with Gasteiger partial charge in [-0.05, 0) is 12.8 Å². The molecule has 1 aliphatic rings. The van der Waals surface area contributed by atoms with Crippen LogP contribution in [-0.2, 0) is 4.79 Å². The van der Waals surface area contributed by atoms with Gasteiger partial charge in [0, 0.05) is 11.6 Å². The molecule has 1 heterocycles. The molecule has 74 valence electrons. The van der Waals surface area contributed by atoms with E-state index >= 15 is 0 Å². The smallest absolute Gasteiger partial charge is 0.239 e. The number of carbonyl (C=O) groups excluding carboxylic acids is 1. The molecule has 6 heteroatoms. The first-order chi connectivity index (χ1) is 6.65. The van der Waals surface area contributed by atoms with E-state index in [2.05, 4.69) is 10.3 Å². The van der Waals surface area contributed by atoms with Crippen LogP contribution in [0.5, 0.6) is 0 Å². The van der Waals surface area contributed by atoms with Crippen molar-refractivity contribution in [3.8, 4) is 0 Å². The Bertz CT molecular complexity index is 370. The second-order valence-corrected chi connectivity index (χ2v) is 4.57. The van der Waals surface area contributed by atoms with Crippen molar-refractivity contribution in [2.45, 2.75) is 12.8 Å². The first-order valence-corrected chi connectivity index (χ1v) is 5.45. The third kappa shape index (κ3) is 1.51. The zero-order valence-electron chi connectivity index (χ0n) is 7.32. The molecule has 0 saturated heterocycles. The summed E-state index contributed by atoms with van der Waals surface area (Å²) >= 11 is 6.25. The van der Waals surface area contributed by atoms with Gasteiger partial charge >= 0.3 is 0 Å². The largest absolute Gasteiger partial charge is 0.392 e. The minimum atomic E-state index is -0.596. The van der Waals surface area contributed by atoms with Crippen LogP contribution in [-0.4, -0.2) is 15.9 Å². The van der Waals surface area contributed by atoms with E-state index in [4.69, 9.17) is 18.0 Å². The highest BCUT2D eigenvalue weighted by Crippen LogP contribution is 2.46. The van der Waals surface area contributed by atoms with Crippen molar-refractivity contribution >= 4 is 39.6 Å². The highest BCUT2D eigenvalue weighted by molar-refractivity contribution is 7.80. The molecule has 1 aromatic rings. The van der Waals surface area contributed by atoms with E-state index in [1.165, 1.54) is 11.3 Å². The zero-order valence-corrected chi connectivity index (χ0v) is 8.95. The lowest BCUT2D eigenvalue weighted by Crippen LogP contribution is -2.34. The SMILES string of the molecule is NC(=S)C1(C(=O)Nc2nccs2)CC1. The Morgan fingerprint density at radius 1 is 1.71 bits per heavy atom. The van der Waals surface area contributed by atoms with E-state index in [0.29, 0.717) is 5.13 Å². The third-order valence-electron chi connectivity index (χ3n) is 2.31. The number of nitrogens with zero attached hydrogens (tertiary/aromatic N) is 1. The number of thiocarbonyl (C=S) groups is 1. The summed E-state index contributed by atoms with van der Waals surface area (Å²) < 4.78 is 0. The van der Waals surface area contributed by atoms with Gasteiger partial charge in [0.15, 0.2) is 5.13 Å². The van der Waals surface area contributed by atoms with Crippen LogP contribution in [0.25, 0.3) is 0 Å². The fourth-order valence-corrected chi connectivity index (χ4v) is 2.03. The standard InChI is InChI=1S/C8H9N3OS2/c9-5(13)8(1-2-8)6(12)11-7-10-3-4-14-7/h3-4H,1-2H2,(H2,9,13)(H,10,11,12). The number of anilines is 1. The van der Waals surface area contributed by atoms with Crippen LogP contribution < -0.4 is 11.1 Å². The van der Waals surface area contributed by atoms with Crippen molar-refractivity contribution in [1.82, 2.24) is 4.98 Å². The molecular weight excluding hydrogens is 218 g/mol. The molecule has 1 fully saturated rings. The van der Waals surface area contributed by atoms with Crippen molar-refractivity contribution in [1.29, 1.82) is 0 Å². The monoisotopic (exact) mass is 227 g/mol. The lowest BCUT2D eigenvalue weighted by Gasteiger charge is -2.11. The van der Waals surface area contributed by atoms with Crippen LogP contribution in [0, 0.1) is 5.41 Å². The van der Waals surface area contributed by atoms with Crippen molar-refractivity contribution in [2.24, 2.45) is 11.1 Å². The molecule has 2 rings (SSSR count). The Balaban J connectivity index is 2.07. The lowest BCUT2D eigenvalue weighted by molar-refractivity contribution is -0.118. The molecule has 0 atom stereocenters. The molecule has 1 aromatic heterocycles. The van der Waals surface area contributed by atoms with Crippen molar-refractivity contribution in [3.63, 3.8) is 0 Å². The second kappa shape index (κ2) is 3.29. The third-order valence-corrected chi connectivity index (χ3v) is 3.39. The second-order valence-electron chi connectivity index (χ2n) is 3.24. The molecular formula is C8H9N3OS2. The summed E-state index contributed by atoms with van der Waals surface area (Å²) in [5.74, 6) is -0.125. The average molecular weight is 227 g/mol. The molecule has 1 aliphatic carbocycles. The number of rotatable bonds is 3. The highest BCUT2D eigenvalue weighted by atomic mass is 32.1. The quantitative estimate of drug-likeness (QED) is 0.760. The number of hydrogen-bond acceptors (Lipinski definition) is 4. The van der Waals surface area contributed by atoms with Gasteiger partial charge in [-0.1, -0.05) is 12.2 Å². The van der Waals surface area contributed by atoms with Crippen LogP contribution in [0.4, 0.5) is 5.13 Å². The number of thiazole rings is 1. The molecule has 14 heavy (non-hydrogen) atoms. The molecule has 0 aliphatic heterocycles. The molecule has 0 unspecified atom stereocenters. The number of hydrogen-bond donors (Lipinski definition) is 2. The van der Waals surface area contributed by atoms with Gasteiger partial charge in [0.05, 0.1) is 10.4 Å². The molecule has 0 spiro atoms. The van der Waals surface area contributed by atoms with Gasteiger partial charge in [-0.15, -0.1) is 11.3 Å². The lowest BCUT2D eigenvalue weighted by atomic mass is 10.1. The van der Waals surface area contributed by atoms with Crippen molar-refractivity contribution in [3.05, 3.63) is 11.6 Å². The molecule has 1 saturated carbocycles. The summed E-state index contributed by atoms with van der Waals surface area (Å²) in [5.41, 5.74) is 4.92. The molecule has 1 amide bonds. The first kappa shape index (κ1) is 9.54. The fraction of sp³-hybridized carbons (Fsp3) is 0.375. The number of nitrogens with two attached hydrogens (primary N) is 1. The van der Waals surface area contributed by atoms with Gasteiger partial charge in [-0.25, -0.2) is 4.98 Å². The van der Waals surface area contributed by atoms with E-state index in [1.54, 1.807) is 11.6 Å². The Morgan fingerprint density at radius 2 is 2.43 bits per heavy atom. The van der Waals surface area contributed by atoms with E-state index in [1.807, 2.05) is 0 Å². The van der Waals surface area contributed by atoms with Gasteiger partial charge in [-0.2, -0.15) is 0 Å². The Kier molecular flexibility index (Phi) is 2.24. The summed E-state index contributed by atoms with van der Waals surface area (Å²) in [6.07, 6.45) is 3.14. The normalized spacial score (nSPS) is 17.4. The number of carbonyl (C=O) groups is 1. The summed E-state index contributed by atoms with van der Waals surface area (Å²) in [6, 6.07) is 0. The Hall–Kier alpha value is -1.01. The van der Waals surface area contributed by atoms with Crippen LogP contribution in [0.2, 0.25) is 0 Å². The van der Waals surface area contributed by atoms with Crippen molar-refractivity contribution in [2.75, 3.05) is 5.32 Å². The highest BCUT2D eigenvalue weighted by Gasteiger charge is 2.52. The summed E-state index contributed by atoms with van der Waals surface area (Å²) in [7, 11) is 0. The Morgan fingerprint density at radius 3 is 2.86 bits per heavy atom. The number of amides is 1. The van der Waals surface area contributed by atoms with Gasteiger partial charge in [0.2, 0.25) is 5.91 Å². The predicted octanol–water partition coefficient (Wildman–Crippen LogP) is 1.15. The van der Waals surface area contributed by atoms with Crippen LogP contribution in [0.3, 0.4) is 0 Å². The van der Waals surface area contributed by atoms with Gasteiger partial charge in [0.1, 0.15) is 0 Å². The van der Waals surface area contributed by atoms with Gasteiger partial charge in [-0.3, -0.25) is 4.79 Å². The first-order valence-electron chi connectivity index (χ1n) is 4.16. The average Bonchev–Trinajstić information content (AvgIpc) is 2.81. The van der Waals surface area contributed by atoms with E-state index in [-0.39, 0.29) is 10.9 Å². The van der Waals surface area contributed by atoms with Crippen molar-refractivity contribution < 1.29 is 4.79 Å². The molecule has 0 radical (unpaired) electrons. The molecule has 0 aromatic carbocycles. The minimum absolute atomic E-state index is 0.125. The molecule has 3 N–H and O–H groups in total. The summed E-state index contributed by atoms with van der Waals surface area (Å²) in [4.78, 5) is 16.0.